The second kappa shape index (κ2) is 10.7. The molecule has 3 aromatic heterocycles. The minimum absolute atomic E-state index is 0.247. The number of pyridine rings is 1. The van der Waals surface area contributed by atoms with Crippen molar-refractivity contribution in [1.82, 2.24) is 24.5 Å². The van der Waals surface area contributed by atoms with Crippen LogP contribution in [0.15, 0.2) is 43.0 Å². The highest BCUT2D eigenvalue weighted by Crippen LogP contribution is 2.39. The number of fused-ring (bicyclic) bond motifs is 3. The molecule has 36 heavy (non-hydrogen) atoms. The van der Waals surface area contributed by atoms with Gasteiger partial charge >= 0.3 is 0 Å². The van der Waals surface area contributed by atoms with Crippen molar-refractivity contribution < 1.29 is 9.47 Å². The molecule has 0 atom stereocenters. The summed E-state index contributed by atoms with van der Waals surface area (Å²) in [4.78, 5) is 13.9. The summed E-state index contributed by atoms with van der Waals surface area (Å²) < 4.78 is 12.9. The van der Waals surface area contributed by atoms with Gasteiger partial charge in [0.15, 0.2) is 17.1 Å². The third-order valence-corrected chi connectivity index (χ3v) is 6.80. The Morgan fingerprint density at radius 2 is 1.81 bits per heavy atom. The van der Waals surface area contributed by atoms with Crippen LogP contribution in [0.2, 0.25) is 0 Å². The van der Waals surface area contributed by atoms with Crippen molar-refractivity contribution >= 4 is 22.2 Å². The predicted molar refractivity (Wildman–Crippen MR) is 144 cm³/mol. The van der Waals surface area contributed by atoms with E-state index in [-0.39, 0.29) is 6.79 Å². The van der Waals surface area contributed by atoms with E-state index in [1.165, 1.54) is 32.4 Å². The largest absolute Gasteiger partial charge is 0.454 e. The van der Waals surface area contributed by atoms with Gasteiger partial charge in [0.05, 0.1) is 29.8 Å². The maximum Gasteiger partial charge on any atom is 0.231 e. The van der Waals surface area contributed by atoms with Gasteiger partial charge in [0.2, 0.25) is 6.79 Å². The zero-order valence-corrected chi connectivity index (χ0v) is 21.8. The van der Waals surface area contributed by atoms with Crippen LogP contribution in [0.1, 0.15) is 40.0 Å². The maximum absolute atomic E-state index is 5.54. The summed E-state index contributed by atoms with van der Waals surface area (Å²) in [6, 6.07) is 5.90. The first-order chi connectivity index (χ1) is 17.6. The molecule has 1 fully saturated rings. The van der Waals surface area contributed by atoms with Gasteiger partial charge in [-0.1, -0.05) is 27.2 Å². The molecule has 8 heteroatoms. The highest BCUT2D eigenvalue weighted by atomic mass is 16.7. The molecule has 1 saturated heterocycles. The predicted octanol–water partition coefficient (Wildman–Crippen LogP) is 5.26. The molecule has 2 aliphatic heterocycles. The molecule has 5 heterocycles. The van der Waals surface area contributed by atoms with Crippen molar-refractivity contribution in [3.8, 4) is 22.6 Å². The molecule has 4 aromatic rings. The van der Waals surface area contributed by atoms with Crippen LogP contribution in [0.3, 0.4) is 0 Å². The van der Waals surface area contributed by atoms with Gasteiger partial charge in [-0.2, -0.15) is 5.10 Å². The molecule has 0 saturated carbocycles. The molecule has 0 amide bonds. The molecule has 6 rings (SSSR count). The number of aromatic nitrogens is 4. The minimum Gasteiger partial charge on any atom is -0.454 e. The van der Waals surface area contributed by atoms with Crippen LogP contribution in [-0.2, 0) is 0 Å². The van der Waals surface area contributed by atoms with Gasteiger partial charge in [0.1, 0.15) is 0 Å². The Hall–Kier alpha value is -3.39. The van der Waals surface area contributed by atoms with Gasteiger partial charge < -0.3 is 19.3 Å². The monoisotopic (exact) mass is 488 g/mol. The van der Waals surface area contributed by atoms with E-state index in [4.69, 9.17) is 14.5 Å². The summed E-state index contributed by atoms with van der Waals surface area (Å²) >= 11 is 0. The zero-order valence-electron chi connectivity index (χ0n) is 21.8. The first kappa shape index (κ1) is 24.3. The lowest BCUT2D eigenvalue weighted by Gasteiger charge is -2.38. The van der Waals surface area contributed by atoms with Crippen LogP contribution in [0.25, 0.3) is 27.7 Å². The Morgan fingerprint density at radius 3 is 2.56 bits per heavy atom. The summed E-state index contributed by atoms with van der Waals surface area (Å²) in [7, 11) is 2.19. The summed E-state index contributed by atoms with van der Waals surface area (Å²) in [5.41, 5.74) is 4.81. The third kappa shape index (κ3) is 4.95. The highest BCUT2D eigenvalue weighted by molar-refractivity contribution is 5.99. The molecular weight excluding hydrogens is 452 g/mol. The lowest BCUT2D eigenvalue weighted by atomic mass is 10.0. The van der Waals surface area contributed by atoms with Crippen molar-refractivity contribution in [1.29, 1.82) is 0 Å². The van der Waals surface area contributed by atoms with E-state index >= 15 is 0 Å². The summed E-state index contributed by atoms with van der Waals surface area (Å²) in [6.45, 7) is 11.6. The van der Waals surface area contributed by atoms with E-state index in [1.807, 2.05) is 35.1 Å². The van der Waals surface area contributed by atoms with Gasteiger partial charge in [0.25, 0.3) is 0 Å². The Balaban J connectivity index is 0.000000257. The normalized spacial score (nSPS) is 14.9. The van der Waals surface area contributed by atoms with Crippen molar-refractivity contribution in [3.63, 3.8) is 0 Å². The maximum atomic E-state index is 5.54. The standard InChI is InChI=1S/C20H17N5O2.C8H19N/c1-12-8-24(9-12)13-6-22-20-16(7-23-25(20)10-13)14-2-3-21-17-5-19-18(4-15(14)17)26-11-27-19;1-4-6-8-9(3)7-5-2/h2-7,10,12H,8-9,11H2,1H3;4-8H2,1-3H3. The van der Waals surface area contributed by atoms with E-state index < -0.39 is 0 Å². The Labute approximate surface area is 212 Å². The first-order valence-corrected chi connectivity index (χ1v) is 13.0. The molecule has 8 nitrogen and oxygen atoms in total. The fraction of sp³-hybridized carbons (Fsp3) is 0.464. The molecule has 0 bridgehead atoms. The Bertz CT molecular complexity index is 1330. The lowest BCUT2D eigenvalue weighted by Crippen LogP contribution is -2.45. The molecule has 2 aliphatic rings. The molecular formula is C28H36N6O2. The van der Waals surface area contributed by atoms with Crippen molar-refractivity contribution in [3.05, 3.63) is 43.0 Å². The van der Waals surface area contributed by atoms with Crippen LogP contribution in [-0.4, -0.2) is 64.5 Å². The minimum atomic E-state index is 0.247. The Kier molecular flexibility index (Phi) is 7.23. The molecule has 190 valence electrons. The summed E-state index contributed by atoms with van der Waals surface area (Å²) in [5.74, 6) is 2.22. The zero-order chi connectivity index (χ0) is 25.1. The SMILES string of the molecule is CC1CN(c2cnc3c(-c4ccnc5cc6c(cc45)OCO6)cnn3c2)C1.CCCCN(C)CCC. The number of hydrogen-bond donors (Lipinski definition) is 0. The number of nitrogens with zero attached hydrogens (tertiary/aromatic N) is 6. The second-order valence-electron chi connectivity index (χ2n) is 9.89. The quantitative estimate of drug-likeness (QED) is 0.352. The topological polar surface area (TPSA) is 68.0 Å². The fourth-order valence-corrected chi connectivity index (χ4v) is 4.82. The van der Waals surface area contributed by atoms with Crippen LogP contribution < -0.4 is 14.4 Å². The smallest absolute Gasteiger partial charge is 0.231 e. The average molecular weight is 489 g/mol. The van der Waals surface area contributed by atoms with Crippen molar-refractivity contribution in [2.45, 2.75) is 40.0 Å². The molecule has 0 aliphatic carbocycles. The van der Waals surface area contributed by atoms with E-state index in [2.05, 4.69) is 53.9 Å². The lowest BCUT2D eigenvalue weighted by molar-refractivity contribution is 0.174. The number of anilines is 1. The van der Waals surface area contributed by atoms with Gasteiger partial charge in [-0.15, -0.1) is 0 Å². The number of hydrogen-bond acceptors (Lipinski definition) is 7. The van der Waals surface area contributed by atoms with Gasteiger partial charge in [0, 0.05) is 36.3 Å². The number of benzene rings is 1. The summed E-state index contributed by atoms with van der Waals surface area (Å²) in [5, 5.41) is 5.55. The van der Waals surface area contributed by atoms with E-state index in [1.54, 1.807) is 6.20 Å². The molecule has 0 spiro atoms. The second-order valence-corrected chi connectivity index (χ2v) is 9.89. The van der Waals surface area contributed by atoms with Gasteiger partial charge in [-0.05, 0) is 56.6 Å². The third-order valence-electron chi connectivity index (χ3n) is 6.80. The van der Waals surface area contributed by atoms with Crippen molar-refractivity contribution in [2.24, 2.45) is 5.92 Å². The molecule has 0 radical (unpaired) electrons. The fourth-order valence-electron chi connectivity index (χ4n) is 4.82. The highest BCUT2D eigenvalue weighted by Gasteiger charge is 2.24. The van der Waals surface area contributed by atoms with Gasteiger partial charge in [-0.3, -0.25) is 4.98 Å². The first-order valence-electron chi connectivity index (χ1n) is 13.0. The number of rotatable bonds is 7. The van der Waals surface area contributed by atoms with E-state index in [0.29, 0.717) is 0 Å². The number of ether oxygens (including phenoxy) is 2. The average Bonchev–Trinajstić information content (AvgIpc) is 3.50. The Morgan fingerprint density at radius 1 is 1.00 bits per heavy atom. The number of unbranched alkanes of at least 4 members (excludes halogenated alkanes) is 1. The van der Waals surface area contributed by atoms with Crippen LogP contribution in [0.5, 0.6) is 11.5 Å². The van der Waals surface area contributed by atoms with Crippen LogP contribution >= 0.6 is 0 Å². The van der Waals surface area contributed by atoms with Gasteiger partial charge in [-0.25, -0.2) is 9.50 Å². The van der Waals surface area contributed by atoms with Crippen LogP contribution in [0, 0.1) is 5.92 Å². The van der Waals surface area contributed by atoms with Crippen LogP contribution in [0.4, 0.5) is 5.69 Å². The summed E-state index contributed by atoms with van der Waals surface area (Å²) in [6.07, 6.45) is 11.6. The van der Waals surface area contributed by atoms with E-state index in [9.17, 15) is 0 Å². The molecule has 0 unspecified atom stereocenters. The molecule has 0 N–H and O–H groups in total. The molecule has 1 aromatic carbocycles. The van der Waals surface area contributed by atoms with E-state index in [0.717, 1.165) is 63.9 Å². The van der Waals surface area contributed by atoms with Crippen molar-refractivity contribution in [2.75, 3.05) is 44.9 Å².